The van der Waals surface area contributed by atoms with E-state index in [2.05, 4.69) is 10.3 Å². The Kier molecular flexibility index (Phi) is 2.85. The number of hydrogen-bond acceptors (Lipinski definition) is 4. The zero-order valence-electron chi connectivity index (χ0n) is 11.6. The Morgan fingerprint density at radius 1 is 1.50 bits per heavy atom. The molecule has 0 saturated carbocycles. The molecule has 0 spiro atoms. The van der Waals surface area contributed by atoms with Crippen LogP contribution in [-0.2, 0) is 24.8 Å². The zero-order valence-corrected chi connectivity index (χ0v) is 11.6. The molecule has 2 heterocycles. The van der Waals surface area contributed by atoms with Crippen molar-refractivity contribution in [2.24, 2.45) is 7.05 Å². The molecule has 1 aromatic heterocycles. The molecular formula is C14H17N5O. The number of aryl methyl sites for hydroxylation is 1. The minimum Gasteiger partial charge on any atom is -0.397 e. The molecule has 104 valence electrons. The van der Waals surface area contributed by atoms with Crippen molar-refractivity contribution >= 4 is 23.0 Å². The van der Waals surface area contributed by atoms with Crippen molar-refractivity contribution in [2.45, 2.75) is 13.0 Å². The Morgan fingerprint density at radius 2 is 2.30 bits per heavy atom. The van der Waals surface area contributed by atoms with Crippen LogP contribution in [-0.4, -0.2) is 22.5 Å². The number of imidazole rings is 1. The third kappa shape index (κ3) is 2.09. The highest BCUT2D eigenvalue weighted by Gasteiger charge is 2.20. The fraction of sp³-hybridized carbons (Fsp3) is 0.286. The number of nitrogens with one attached hydrogen (secondary N) is 1. The lowest BCUT2D eigenvalue weighted by atomic mass is 10.1. The van der Waals surface area contributed by atoms with Crippen molar-refractivity contribution in [1.82, 2.24) is 9.55 Å². The quantitative estimate of drug-likeness (QED) is 0.821. The standard InChI is InChI=1S/C14H17N5O/c1-18-4-3-16-13(18)8-19(2)12-7-11-9(5-10(12)15)6-14(20)17-11/h3-5,7H,6,8,15H2,1-2H3,(H,17,20). The van der Waals surface area contributed by atoms with E-state index < -0.39 is 0 Å². The van der Waals surface area contributed by atoms with Crippen molar-refractivity contribution in [3.8, 4) is 0 Å². The number of carbonyl (C=O) groups excluding carboxylic acids is 1. The highest BCUT2D eigenvalue weighted by Crippen LogP contribution is 2.33. The molecule has 0 radical (unpaired) electrons. The molecule has 20 heavy (non-hydrogen) atoms. The molecule has 1 aliphatic rings. The van der Waals surface area contributed by atoms with Crippen LogP contribution in [0.1, 0.15) is 11.4 Å². The molecule has 0 atom stereocenters. The number of nitrogens with zero attached hydrogens (tertiary/aromatic N) is 3. The Labute approximate surface area is 117 Å². The molecule has 1 aliphatic heterocycles. The molecule has 6 nitrogen and oxygen atoms in total. The molecule has 0 fully saturated rings. The van der Waals surface area contributed by atoms with Gasteiger partial charge in [-0.1, -0.05) is 0 Å². The van der Waals surface area contributed by atoms with Crippen LogP contribution in [0.4, 0.5) is 17.1 Å². The molecule has 0 saturated heterocycles. The molecule has 3 rings (SSSR count). The summed E-state index contributed by atoms with van der Waals surface area (Å²) in [6, 6.07) is 3.80. The van der Waals surface area contributed by atoms with E-state index in [0.29, 0.717) is 18.7 Å². The van der Waals surface area contributed by atoms with Crippen molar-refractivity contribution in [1.29, 1.82) is 0 Å². The van der Waals surface area contributed by atoms with Gasteiger partial charge in [-0.3, -0.25) is 4.79 Å². The van der Waals surface area contributed by atoms with E-state index >= 15 is 0 Å². The summed E-state index contributed by atoms with van der Waals surface area (Å²) in [5.41, 5.74) is 9.49. The number of anilines is 3. The summed E-state index contributed by atoms with van der Waals surface area (Å²) in [5, 5.41) is 2.85. The SMILES string of the molecule is CN(Cc1nccn1C)c1cc2c(cc1N)CC(=O)N2. The van der Waals surface area contributed by atoms with Crippen LogP contribution >= 0.6 is 0 Å². The Bertz CT molecular complexity index is 676. The van der Waals surface area contributed by atoms with Crippen molar-refractivity contribution in [2.75, 3.05) is 23.0 Å². The Hall–Kier alpha value is -2.50. The van der Waals surface area contributed by atoms with E-state index in [0.717, 1.165) is 22.8 Å². The van der Waals surface area contributed by atoms with Crippen LogP contribution in [0.15, 0.2) is 24.5 Å². The van der Waals surface area contributed by atoms with Crippen LogP contribution in [0.25, 0.3) is 0 Å². The number of nitrogen functional groups attached to an aromatic ring is 1. The third-order valence-corrected chi connectivity index (χ3v) is 3.59. The van der Waals surface area contributed by atoms with Gasteiger partial charge >= 0.3 is 0 Å². The van der Waals surface area contributed by atoms with Gasteiger partial charge in [0, 0.05) is 32.2 Å². The third-order valence-electron chi connectivity index (χ3n) is 3.59. The number of hydrogen-bond donors (Lipinski definition) is 2. The zero-order chi connectivity index (χ0) is 14.3. The topological polar surface area (TPSA) is 76.2 Å². The van der Waals surface area contributed by atoms with Crippen LogP contribution in [0.3, 0.4) is 0 Å². The molecule has 6 heteroatoms. The lowest BCUT2D eigenvalue weighted by molar-refractivity contribution is -0.115. The number of carbonyl (C=O) groups is 1. The van der Waals surface area contributed by atoms with Gasteiger partial charge in [0.25, 0.3) is 0 Å². The molecule has 1 amide bonds. The smallest absolute Gasteiger partial charge is 0.228 e. The lowest BCUT2D eigenvalue weighted by Crippen LogP contribution is -2.20. The molecule has 0 bridgehead atoms. The van der Waals surface area contributed by atoms with E-state index in [1.807, 2.05) is 41.9 Å². The van der Waals surface area contributed by atoms with E-state index in [4.69, 9.17) is 5.73 Å². The summed E-state index contributed by atoms with van der Waals surface area (Å²) in [6.45, 7) is 0.653. The van der Waals surface area contributed by atoms with E-state index in [1.165, 1.54) is 0 Å². The highest BCUT2D eigenvalue weighted by molar-refractivity contribution is 6.00. The summed E-state index contributed by atoms with van der Waals surface area (Å²) >= 11 is 0. The summed E-state index contributed by atoms with van der Waals surface area (Å²) in [6.07, 6.45) is 4.09. The van der Waals surface area contributed by atoms with Crippen molar-refractivity contribution < 1.29 is 4.79 Å². The number of fused-ring (bicyclic) bond motifs is 1. The average Bonchev–Trinajstić information content (AvgIpc) is 2.93. The van der Waals surface area contributed by atoms with E-state index in [9.17, 15) is 4.79 Å². The first-order chi connectivity index (χ1) is 9.54. The molecule has 0 aliphatic carbocycles. The van der Waals surface area contributed by atoms with Gasteiger partial charge in [0.1, 0.15) is 5.82 Å². The summed E-state index contributed by atoms with van der Waals surface area (Å²) in [7, 11) is 3.92. The number of amides is 1. The Morgan fingerprint density at radius 3 is 3.00 bits per heavy atom. The number of rotatable bonds is 3. The second kappa shape index (κ2) is 4.56. The largest absolute Gasteiger partial charge is 0.397 e. The normalized spacial score (nSPS) is 13.2. The van der Waals surface area contributed by atoms with Gasteiger partial charge in [0.2, 0.25) is 5.91 Å². The summed E-state index contributed by atoms with van der Waals surface area (Å²) in [4.78, 5) is 17.8. The van der Waals surface area contributed by atoms with Crippen LogP contribution in [0.2, 0.25) is 0 Å². The molecule has 1 aromatic carbocycles. The minimum absolute atomic E-state index is 0.0169. The van der Waals surface area contributed by atoms with Crippen LogP contribution in [0, 0.1) is 0 Å². The van der Waals surface area contributed by atoms with Crippen LogP contribution in [0.5, 0.6) is 0 Å². The first kappa shape index (κ1) is 12.5. The second-order valence-corrected chi connectivity index (χ2v) is 5.10. The maximum Gasteiger partial charge on any atom is 0.228 e. The van der Waals surface area contributed by atoms with Gasteiger partial charge in [0.05, 0.1) is 24.3 Å². The number of benzene rings is 1. The molecule has 3 N–H and O–H groups in total. The van der Waals surface area contributed by atoms with Gasteiger partial charge in [-0.2, -0.15) is 0 Å². The molecule has 2 aromatic rings. The minimum atomic E-state index is 0.0169. The molecular weight excluding hydrogens is 254 g/mol. The summed E-state index contributed by atoms with van der Waals surface area (Å²) in [5.74, 6) is 0.972. The van der Waals surface area contributed by atoms with E-state index in [-0.39, 0.29) is 5.91 Å². The van der Waals surface area contributed by atoms with Gasteiger partial charge in [-0.05, 0) is 17.7 Å². The number of aromatic nitrogens is 2. The maximum atomic E-state index is 11.4. The first-order valence-electron chi connectivity index (χ1n) is 6.44. The first-order valence-corrected chi connectivity index (χ1v) is 6.44. The second-order valence-electron chi connectivity index (χ2n) is 5.10. The van der Waals surface area contributed by atoms with Gasteiger partial charge in [0.15, 0.2) is 0 Å². The predicted molar refractivity (Wildman–Crippen MR) is 78.5 cm³/mol. The van der Waals surface area contributed by atoms with Crippen LogP contribution < -0.4 is 16.0 Å². The van der Waals surface area contributed by atoms with Gasteiger partial charge in [-0.15, -0.1) is 0 Å². The predicted octanol–water partition coefficient (Wildman–Crippen LogP) is 1.13. The van der Waals surface area contributed by atoms with Crippen molar-refractivity contribution in [3.05, 3.63) is 35.9 Å². The average molecular weight is 271 g/mol. The number of nitrogens with two attached hydrogens (primary N) is 1. The molecule has 0 unspecified atom stereocenters. The monoisotopic (exact) mass is 271 g/mol. The van der Waals surface area contributed by atoms with Crippen molar-refractivity contribution in [3.63, 3.8) is 0 Å². The van der Waals surface area contributed by atoms with Gasteiger partial charge < -0.3 is 20.5 Å². The fourth-order valence-corrected chi connectivity index (χ4v) is 2.46. The summed E-state index contributed by atoms with van der Waals surface area (Å²) < 4.78 is 1.97. The highest BCUT2D eigenvalue weighted by atomic mass is 16.1. The fourth-order valence-electron chi connectivity index (χ4n) is 2.46. The van der Waals surface area contributed by atoms with E-state index in [1.54, 1.807) is 6.20 Å². The Balaban J connectivity index is 1.89. The maximum absolute atomic E-state index is 11.4. The van der Waals surface area contributed by atoms with Gasteiger partial charge in [-0.25, -0.2) is 4.98 Å². The lowest BCUT2D eigenvalue weighted by Gasteiger charge is -2.21.